The van der Waals surface area contributed by atoms with E-state index in [1.165, 1.54) is 18.2 Å². The predicted octanol–water partition coefficient (Wildman–Crippen LogP) is 7.70. The van der Waals surface area contributed by atoms with Crippen LogP contribution < -0.4 is 30.0 Å². The SMILES string of the molecule is Cn1cc(-c2cc(Oc3cccc(N)c3)ccn2)cn1.Cn1cc(-c2cc(Oc3cccc(NC(=O)c4cccc5c4OC(F)(F)O5)c3)ccn2)cn1. The van der Waals surface area contributed by atoms with Crippen LogP contribution in [0.1, 0.15) is 10.4 Å². The first-order valence-corrected chi connectivity index (χ1v) is 16.0. The number of para-hydroxylation sites is 1. The fraction of sp³-hybridized carbons (Fsp3) is 0.0789. The largest absolute Gasteiger partial charge is 0.586 e. The van der Waals surface area contributed by atoms with E-state index < -0.39 is 12.2 Å². The highest BCUT2D eigenvalue weighted by molar-refractivity contribution is 6.07. The quantitative estimate of drug-likeness (QED) is 0.150. The number of nitrogens with zero attached hydrogens (tertiary/aromatic N) is 6. The summed E-state index contributed by atoms with van der Waals surface area (Å²) in [5.41, 5.74) is 10.0. The van der Waals surface area contributed by atoms with Crippen LogP contribution in [-0.4, -0.2) is 41.7 Å². The number of benzene rings is 3. The molecule has 0 radical (unpaired) electrons. The average molecular weight is 717 g/mol. The van der Waals surface area contributed by atoms with Gasteiger partial charge < -0.3 is 30.0 Å². The molecular formula is C38H30F2N8O5. The van der Waals surface area contributed by atoms with E-state index in [1.54, 1.807) is 76.6 Å². The van der Waals surface area contributed by atoms with Crippen molar-refractivity contribution in [3.05, 3.63) is 134 Å². The second kappa shape index (κ2) is 14.5. The third-order valence-electron chi connectivity index (χ3n) is 7.56. The van der Waals surface area contributed by atoms with Gasteiger partial charge in [-0.1, -0.05) is 18.2 Å². The van der Waals surface area contributed by atoms with Crippen molar-refractivity contribution >= 4 is 17.3 Å². The molecule has 3 N–H and O–H groups in total. The number of pyridine rings is 2. The molecular weight excluding hydrogens is 686 g/mol. The molecule has 1 aliphatic rings. The summed E-state index contributed by atoms with van der Waals surface area (Å²) < 4.78 is 50.8. The van der Waals surface area contributed by atoms with Crippen LogP contribution in [0, 0.1) is 0 Å². The van der Waals surface area contributed by atoms with Crippen molar-refractivity contribution in [2.24, 2.45) is 14.1 Å². The Kier molecular flexibility index (Phi) is 9.36. The van der Waals surface area contributed by atoms with Gasteiger partial charge in [-0.3, -0.25) is 24.1 Å². The van der Waals surface area contributed by atoms with Gasteiger partial charge in [0.2, 0.25) is 0 Å². The second-order valence-corrected chi connectivity index (χ2v) is 11.6. The maximum Gasteiger partial charge on any atom is 0.586 e. The van der Waals surface area contributed by atoms with Gasteiger partial charge in [0.25, 0.3) is 5.91 Å². The Morgan fingerprint density at radius 1 is 0.736 bits per heavy atom. The number of amides is 1. The van der Waals surface area contributed by atoms with Crippen LogP contribution in [0.15, 0.2) is 128 Å². The fourth-order valence-corrected chi connectivity index (χ4v) is 5.21. The molecule has 0 atom stereocenters. The van der Waals surface area contributed by atoms with Crippen molar-refractivity contribution in [1.29, 1.82) is 0 Å². The molecule has 0 fully saturated rings. The van der Waals surface area contributed by atoms with Gasteiger partial charge >= 0.3 is 6.29 Å². The molecule has 4 aromatic heterocycles. The minimum atomic E-state index is -3.81. The van der Waals surface area contributed by atoms with E-state index in [-0.39, 0.29) is 17.1 Å². The van der Waals surface area contributed by atoms with Gasteiger partial charge in [-0.15, -0.1) is 8.78 Å². The van der Waals surface area contributed by atoms with E-state index in [4.69, 9.17) is 15.2 Å². The summed E-state index contributed by atoms with van der Waals surface area (Å²) in [4.78, 5) is 21.4. The van der Waals surface area contributed by atoms with Crippen LogP contribution in [-0.2, 0) is 14.1 Å². The van der Waals surface area contributed by atoms with Crippen molar-refractivity contribution in [2.75, 3.05) is 11.1 Å². The number of nitrogens with two attached hydrogens (primary N) is 1. The van der Waals surface area contributed by atoms with Crippen LogP contribution in [0.5, 0.6) is 34.5 Å². The number of fused-ring (bicyclic) bond motifs is 1. The Hall–Kier alpha value is -7.29. The molecule has 53 heavy (non-hydrogen) atoms. The molecule has 7 aromatic rings. The van der Waals surface area contributed by atoms with E-state index in [0.717, 1.165) is 16.8 Å². The summed E-state index contributed by atoms with van der Waals surface area (Å²) >= 11 is 0. The van der Waals surface area contributed by atoms with E-state index in [2.05, 4.69) is 35.0 Å². The van der Waals surface area contributed by atoms with Crippen molar-refractivity contribution < 1.29 is 32.5 Å². The zero-order chi connectivity index (χ0) is 37.0. The first kappa shape index (κ1) is 34.2. The molecule has 0 spiro atoms. The van der Waals surface area contributed by atoms with Gasteiger partial charge in [-0.2, -0.15) is 10.2 Å². The number of carbonyl (C=O) groups excluding carboxylic acids is 1. The maximum absolute atomic E-state index is 13.4. The standard InChI is InChI=1S/C23H16F2N4O4.C15H14N4O/c1-29-13-14(12-27-29)19-11-17(8-9-26-19)31-16-5-2-4-15(10-16)28-22(30)18-6-3-7-20-21(18)33-23(24,25)32-20;1-19-10-11(9-18-19)15-8-14(5-6-17-15)20-13-4-2-3-12(16)7-13/h2-13H,1H3,(H,28,30);2-10H,16H2,1H3. The maximum atomic E-state index is 13.4. The second-order valence-electron chi connectivity index (χ2n) is 11.6. The minimum Gasteiger partial charge on any atom is -0.457 e. The van der Waals surface area contributed by atoms with Crippen LogP contribution in [0.25, 0.3) is 22.5 Å². The highest BCUT2D eigenvalue weighted by atomic mass is 19.3. The minimum absolute atomic E-state index is 0.0776. The van der Waals surface area contributed by atoms with Gasteiger partial charge in [-0.05, 0) is 48.5 Å². The Morgan fingerprint density at radius 3 is 1.89 bits per heavy atom. The third-order valence-corrected chi connectivity index (χ3v) is 7.56. The lowest BCUT2D eigenvalue weighted by atomic mass is 10.1. The number of hydrogen-bond donors (Lipinski definition) is 2. The summed E-state index contributed by atoms with van der Waals surface area (Å²) in [5, 5.41) is 10.9. The average Bonchev–Trinajstić information content (AvgIpc) is 3.86. The molecule has 5 heterocycles. The molecule has 8 rings (SSSR count). The molecule has 13 nitrogen and oxygen atoms in total. The van der Waals surface area contributed by atoms with Crippen LogP contribution in [0.3, 0.4) is 0 Å². The molecule has 266 valence electrons. The summed E-state index contributed by atoms with van der Waals surface area (Å²) in [5.74, 6) is 1.27. The highest BCUT2D eigenvalue weighted by Gasteiger charge is 2.45. The number of nitrogens with one attached hydrogen (secondary N) is 1. The number of hydrogen-bond acceptors (Lipinski definition) is 10. The van der Waals surface area contributed by atoms with Gasteiger partial charge in [0.05, 0.1) is 29.3 Å². The monoisotopic (exact) mass is 716 g/mol. The van der Waals surface area contributed by atoms with Crippen molar-refractivity contribution in [1.82, 2.24) is 29.5 Å². The number of ether oxygens (including phenoxy) is 4. The van der Waals surface area contributed by atoms with Crippen LogP contribution in [0.4, 0.5) is 20.2 Å². The number of nitrogen functional groups attached to an aromatic ring is 1. The van der Waals surface area contributed by atoms with E-state index in [0.29, 0.717) is 40.1 Å². The summed E-state index contributed by atoms with van der Waals surface area (Å²) in [6.45, 7) is 0. The number of alkyl halides is 2. The number of rotatable bonds is 8. The normalized spacial score (nSPS) is 12.4. The molecule has 0 unspecified atom stereocenters. The van der Waals surface area contributed by atoms with E-state index >= 15 is 0 Å². The molecule has 1 amide bonds. The summed E-state index contributed by atoms with van der Waals surface area (Å²) in [6, 6.07) is 25.2. The lowest BCUT2D eigenvalue weighted by molar-refractivity contribution is -0.286. The Labute approximate surface area is 301 Å². The first-order chi connectivity index (χ1) is 25.6. The van der Waals surface area contributed by atoms with Gasteiger partial charge in [0, 0.05) is 85.6 Å². The first-order valence-electron chi connectivity index (χ1n) is 16.0. The molecule has 0 bridgehead atoms. The fourth-order valence-electron chi connectivity index (χ4n) is 5.21. The predicted molar refractivity (Wildman–Crippen MR) is 191 cm³/mol. The number of anilines is 2. The number of halogens is 2. The molecule has 3 aromatic carbocycles. The number of carbonyl (C=O) groups is 1. The van der Waals surface area contributed by atoms with Crippen molar-refractivity contribution in [3.63, 3.8) is 0 Å². The Morgan fingerprint density at radius 2 is 1.30 bits per heavy atom. The lowest BCUT2D eigenvalue weighted by Crippen LogP contribution is -2.26. The van der Waals surface area contributed by atoms with Crippen LogP contribution in [0.2, 0.25) is 0 Å². The van der Waals surface area contributed by atoms with Crippen LogP contribution >= 0.6 is 0 Å². The van der Waals surface area contributed by atoms with E-state index in [1.807, 2.05) is 56.8 Å². The van der Waals surface area contributed by atoms with Gasteiger partial charge in [0.1, 0.15) is 23.0 Å². The summed E-state index contributed by atoms with van der Waals surface area (Å²) in [6.07, 6.45) is 6.74. The smallest absolute Gasteiger partial charge is 0.457 e. The van der Waals surface area contributed by atoms with Gasteiger partial charge in [-0.25, -0.2) is 0 Å². The Bertz CT molecular complexity index is 2410. The zero-order valence-electron chi connectivity index (χ0n) is 28.2. The molecule has 0 aliphatic carbocycles. The topological polar surface area (TPSA) is 153 Å². The number of aryl methyl sites for hydroxylation is 2. The van der Waals surface area contributed by atoms with Gasteiger partial charge in [0.15, 0.2) is 11.5 Å². The molecule has 15 heteroatoms. The highest BCUT2D eigenvalue weighted by Crippen LogP contribution is 2.43. The van der Waals surface area contributed by atoms with Crippen molar-refractivity contribution in [3.8, 4) is 57.0 Å². The number of aromatic nitrogens is 6. The van der Waals surface area contributed by atoms with Crippen molar-refractivity contribution in [2.45, 2.75) is 6.29 Å². The molecule has 1 aliphatic heterocycles. The Balaban J connectivity index is 0.000000186. The van der Waals surface area contributed by atoms with E-state index in [9.17, 15) is 13.6 Å². The lowest BCUT2D eigenvalue weighted by Gasteiger charge is -2.10. The zero-order valence-corrected chi connectivity index (χ0v) is 28.2. The third kappa shape index (κ3) is 8.37. The molecule has 0 saturated heterocycles. The summed E-state index contributed by atoms with van der Waals surface area (Å²) in [7, 11) is 3.69. The molecule has 0 saturated carbocycles.